The third-order valence-electron chi connectivity index (χ3n) is 3.70. The molecule has 3 heterocycles. The van der Waals surface area contributed by atoms with Gasteiger partial charge < -0.3 is 26.6 Å². The number of allylic oxidation sites excluding steroid dienone is 1. The topological polar surface area (TPSA) is 131 Å². The van der Waals surface area contributed by atoms with Crippen LogP contribution in [0.25, 0.3) is 11.2 Å². The van der Waals surface area contributed by atoms with Crippen LogP contribution in [0.15, 0.2) is 43.1 Å². The number of pyridine rings is 1. The molecule has 0 aliphatic rings. The first kappa shape index (κ1) is 15.5. The van der Waals surface area contributed by atoms with Crippen LogP contribution in [0.2, 0.25) is 0 Å². The summed E-state index contributed by atoms with van der Waals surface area (Å²) < 4.78 is 1.95. The SMILES string of the molecule is CC(Nc1nc(/C(C=N)=C/N)cnc1N)c1ccc2nccn2c1. The van der Waals surface area contributed by atoms with E-state index in [1.165, 1.54) is 12.4 Å². The number of nitrogen functional groups attached to an aromatic ring is 1. The largest absolute Gasteiger partial charge is 0.404 e. The van der Waals surface area contributed by atoms with Gasteiger partial charge in [0.15, 0.2) is 11.6 Å². The van der Waals surface area contributed by atoms with Crippen LogP contribution in [0.5, 0.6) is 0 Å². The second-order valence-electron chi connectivity index (χ2n) is 5.28. The maximum atomic E-state index is 7.36. The van der Waals surface area contributed by atoms with Gasteiger partial charge in [0.05, 0.1) is 17.9 Å². The van der Waals surface area contributed by atoms with Gasteiger partial charge in [-0.2, -0.15) is 0 Å². The van der Waals surface area contributed by atoms with E-state index in [0.29, 0.717) is 17.1 Å². The number of nitrogens with two attached hydrogens (primary N) is 2. The molecule has 0 aliphatic heterocycles. The Morgan fingerprint density at radius 3 is 2.96 bits per heavy atom. The van der Waals surface area contributed by atoms with Crippen molar-refractivity contribution in [1.29, 1.82) is 5.41 Å². The lowest BCUT2D eigenvalue weighted by atomic mass is 10.1. The highest BCUT2D eigenvalue weighted by Gasteiger charge is 2.12. The highest BCUT2D eigenvalue weighted by Crippen LogP contribution is 2.23. The fraction of sp³-hybridized carbons (Fsp3) is 0.125. The molecule has 1 atom stereocenters. The van der Waals surface area contributed by atoms with Crippen LogP contribution in [0, 0.1) is 5.41 Å². The third kappa shape index (κ3) is 2.89. The van der Waals surface area contributed by atoms with E-state index in [2.05, 4.69) is 20.3 Å². The minimum Gasteiger partial charge on any atom is -0.404 e. The summed E-state index contributed by atoms with van der Waals surface area (Å²) >= 11 is 0. The number of imidazole rings is 1. The van der Waals surface area contributed by atoms with Crippen molar-refractivity contribution >= 4 is 29.1 Å². The lowest BCUT2D eigenvalue weighted by Crippen LogP contribution is -2.12. The van der Waals surface area contributed by atoms with Crippen LogP contribution in [0.4, 0.5) is 11.6 Å². The minimum absolute atomic E-state index is 0.0473. The van der Waals surface area contributed by atoms with Crippen molar-refractivity contribution in [3.63, 3.8) is 0 Å². The normalized spacial score (nSPS) is 13.0. The van der Waals surface area contributed by atoms with Crippen LogP contribution in [-0.2, 0) is 0 Å². The van der Waals surface area contributed by atoms with Gasteiger partial charge in [-0.05, 0) is 18.6 Å². The highest BCUT2D eigenvalue weighted by molar-refractivity contribution is 6.07. The number of aromatic nitrogens is 4. The van der Waals surface area contributed by atoms with Crippen molar-refractivity contribution in [2.75, 3.05) is 11.1 Å². The molecule has 0 saturated heterocycles. The molecule has 8 nitrogen and oxygen atoms in total. The molecular weight excluding hydrogens is 304 g/mol. The summed E-state index contributed by atoms with van der Waals surface area (Å²) in [6, 6.07) is 3.90. The Bertz CT molecular complexity index is 911. The lowest BCUT2D eigenvalue weighted by molar-refractivity contribution is 0.859. The van der Waals surface area contributed by atoms with Gasteiger partial charge in [0.1, 0.15) is 5.65 Å². The van der Waals surface area contributed by atoms with E-state index in [0.717, 1.165) is 17.4 Å². The van der Waals surface area contributed by atoms with Crippen molar-refractivity contribution in [1.82, 2.24) is 19.4 Å². The van der Waals surface area contributed by atoms with E-state index < -0.39 is 0 Å². The average Bonchev–Trinajstić information content (AvgIpc) is 3.06. The zero-order valence-corrected chi connectivity index (χ0v) is 13.1. The zero-order valence-electron chi connectivity index (χ0n) is 13.1. The Kier molecular flexibility index (Phi) is 4.11. The Labute approximate surface area is 138 Å². The van der Waals surface area contributed by atoms with Crippen molar-refractivity contribution in [2.45, 2.75) is 13.0 Å². The summed E-state index contributed by atoms with van der Waals surface area (Å²) in [6.07, 6.45) is 9.57. The molecule has 0 fully saturated rings. The molecular formula is C16H18N8. The second kappa shape index (κ2) is 6.37. The summed E-state index contributed by atoms with van der Waals surface area (Å²) in [7, 11) is 0. The molecule has 0 saturated carbocycles. The van der Waals surface area contributed by atoms with Crippen LogP contribution < -0.4 is 16.8 Å². The molecule has 0 spiro atoms. The smallest absolute Gasteiger partial charge is 0.170 e. The lowest BCUT2D eigenvalue weighted by Gasteiger charge is -2.17. The van der Waals surface area contributed by atoms with E-state index in [9.17, 15) is 0 Å². The molecule has 0 radical (unpaired) electrons. The summed E-state index contributed by atoms with van der Waals surface area (Å²) in [4.78, 5) is 12.8. The van der Waals surface area contributed by atoms with Gasteiger partial charge >= 0.3 is 0 Å². The predicted molar refractivity (Wildman–Crippen MR) is 94.6 cm³/mol. The van der Waals surface area contributed by atoms with E-state index in [1.807, 2.05) is 35.9 Å². The molecule has 8 heteroatoms. The van der Waals surface area contributed by atoms with Gasteiger partial charge in [-0.3, -0.25) is 0 Å². The average molecular weight is 322 g/mol. The maximum Gasteiger partial charge on any atom is 0.170 e. The standard InChI is InChI=1S/C16H18N8/c1-10(11-2-3-14-20-4-5-24(14)9-11)22-16-15(19)21-8-13(23-16)12(6-17)7-18/h2-10,17H,18H2,1H3,(H2,19,21)(H,22,23)/b12-7+,17-6?. The molecule has 0 aliphatic carbocycles. The highest BCUT2D eigenvalue weighted by atomic mass is 15.1. The Hall–Kier alpha value is -3.42. The van der Waals surface area contributed by atoms with Crippen molar-refractivity contribution in [3.05, 3.63) is 54.4 Å². The number of fused-ring (bicyclic) bond motifs is 1. The molecule has 3 rings (SSSR count). The molecule has 24 heavy (non-hydrogen) atoms. The number of nitrogens with zero attached hydrogens (tertiary/aromatic N) is 4. The first-order valence-corrected chi connectivity index (χ1v) is 7.36. The van der Waals surface area contributed by atoms with E-state index in [-0.39, 0.29) is 11.9 Å². The van der Waals surface area contributed by atoms with Gasteiger partial charge in [0.25, 0.3) is 0 Å². The molecule has 0 aromatic carbocycles. The van der Waals surface area contributed by atoms with Crippen molar-refractivity contribution < 1.29 is 0 Å². The van der Waals surface area contributed by atoms with E-state index in [4.69, 9.17) is 16.9 Å². The molecule has 122 valence electrons. The fourth-order valence-electron chi connectivity index (χ4n) is 2.33. The Balaban J connectivity index is 1.89. The summed E-state index contributed by atoms with van der Waals surface area (Å²) in [6.45, 7) is 2.00. The second-order valence-corrected chi connectivity index (χ2v) is 5.28. The summed E-state index contributed by atoms with van der Waals surface area (Å²) in [5.74, 6) is 0.739. The van der Waals surface area contributed by atoms with Gasteiger partial charge in [0.2, 0.25) is 0 Å². The third-order valence-corrected chi connectivity index (χ3v) is 3.70. The molecule has 6 N–H and O–H groups in total. The minimum atomic E-state index is -0.0473. The van der Waals surface area contributed by atoms with E-state index >= 15 is 0 Å². The predicted octanol–water partition coefficient (Wildman–Crippen LogP) is 1.83. The van der Waals surface area contributed by atoms with E-state index in [1.54, 1.807) is 6.20 Å². The summed E-state index contributed by atoms with van der Waals surface area (Å²) in [5, 5.41) is 10.6. The zero-order chi connectivity index (χ0) is 17.1. The number of hydrogen-bond donors (Lipinski definition) is 4. The Morgan fingerprint density at radius 2 is 2.21 bits per heavy atom. The van der Waals surface area contributed by atoms with Gasteiger partial charge in [-0.15, -0.1) is 0 Å². The fourth-order valence-corrected chi connectivity index (χ4v) is 2.33. The van der Waals surface area contributed by atoms with Gasteiger partial charge in [-0.1, -0.05) is 6.07 Å². The van der Waals surface area contributed by atoms with Crippen LogP contribution in [0.3, 0.4) is 0 Å². The van der Waals surface area contributed by atoms with Gasteiger partial charge in [-0.25, -0.2) is 15.0 Å². The molecule has 0 amide bonds. The van der Waals surface area contributed by atoms with Crippen LogP contribution in [0.1, 0.15) is 24.2 Å². The number of hydrogen-bond acceptors (Lipinski definition) is 7. The monoisotopic (exact) mass is 322 g/mol. The summed E-state index contributed by atoms with van der Waals surface area (Å²) in [5.41, 5.74) is 14.3. The molecule has 0 bridgehead atoms. The molecule has 1 unspecified atom stereocenters. The maximum absolute atomic E-state index is 7.36. The number of rotatable bonds is 5. The Morgan fingerprint density at radius 1 is 1.38 bits per heavy atom. The first-order chi connectivity index (χ1) is 11.6. The molecule has 3 aromatic heterocycles. The van der Waals surface area contributed by atoms with Crippen LogP contribution >= 0.6 is 0 Å². The van der Waals surface area contributed by atoms with Crippen molar-refractivity contribution in [3.8, 4) is 0 Å². The van der Waals surface area contributed by atoms with Crippen molar-refractivity contribution in [2.24, 2.45) is 5.73 Å². The number of nitrogens with one attached hydrogen (secondary N) is 2. The van der Waals surface area contributed by atoms with Gasteiger partial charge in [0, 0.05) is 36.6 Å². The first-order valence-electron chi connectivity index (χ1n) is 7.36. The van der Waals surface area contributed by atoms with Crippen LogP contribution in [-0.4, -0.2) is 25.6 Å². The molecule has 3 aromatic rings. The number of anilines is 2. The quantitative estimate of drug-likeness (QED) is 0.530.